The minimum absolute atomic E-state index is 0.134. The Morgan fingerprint density at radius 1 is 1.47 bits per heavy atom. The number of aromatic nitrogens is 1. The fourth-order valence-corrected chi connectivity index (χ4v) is 3.97. The van der Waals surface area contributed by atoms with Crippen LogP contribution >= 0.6 is 11.3 Å². The molecule has 0 saturated heterocycles. The molecule has 2 unspecified atom stereocenters. The molecule has 4 nitrogen and oxygen atoms in total. The van der Waals surface area contributed by atoms with Gasteiger partial charge in [0.05, 0.1) is 18.2 Å². The molecule has 0 spiro atoms. The van der Waals surface area contributed by atoms with E-state index in [1.165, 1.54) is 12.8 Å². The topological polar surface area (TPSA) is 43.4 Å². The number of methoxy groups -OCH3 is 2. The highest BCUT2D eigenvalue weighted by Gasteiger charge is 2.44. The predicted molar refractivity (Wildman–Crippen MR) is 77.7 cm³/mol. The quantitative estimate of drug-likeness (QED) is 0.815. The molecule has 0 amide bonds. The van der Waals surface area contributed by atoms with Gasteiger partial charge in [-0.2, -0.15) is 0 Å². The van der Waals surface area contributed by atoms with Crippen molar-refractivity contribution in [3.05, 3.63) is 16.1 Å². The van der Waals surface area contributed by atoms with Gasteiger partial charge in [0.1, 0.15) is 5.01 Å². The molecule has 1 aromatic rings. The Bertz CT molecular complexity index is 397. The highest BCUT2D eigenvalue weighted by atomic mass is 32.1. The van der Waals surface area contributed by atoms with Crippen molar-refractivity contribution >= 4 is 11.3 Å². The van der Waals surface area contributed by atoms with Crippen molar-refractivity contribution in [1.82, 2.24) is 10.3 Å². The van der Waals surface area contributed by atoms with Gasteiger partial charge < -0.3 is 14.8 Å². The highest BCUT2D eigenvalue weighted by molar-refractivity contribution is 7.09. The lowest BCUT2D eigenvalue weighted by molar-refractivity contribution is -0.0179. The Hall–Kier alpha value is -0.490. The van der Waals surface area contributed by atoms with Crippen molar-refractivity contribution in [1.29, 1.82) is 0 Å². The van der Waals surface area contributed by atoms with Gasteiger partial charge in [0, 0.05) is 31.8 Å². The zero-order valence-electron chi connectivity index (χ0n) is 12.1. The van der Waals surface area contributed by atoms with E-state index >= 15 is 0 Å². The molecule has 1 heterocycles. The molecule has 1 N–H and O–H groups in total. The van der Waals surface area contributed by atoms with Crippen LogP contribution in [0.4, 0.5) is 0 Å². The fraction of sp³-hybridized carbons (Fsp3) is 0.786. The molecule has 0 aliphatic heterocycles. The van der Waals surface area contributed by atoms with E-state index in [2.05, 4.69) is 10.7 Å². The number of nitrogens with zero attached hydrogens (tertiary/aromatic N) is 1. The van der Waals surface area contributed by atoms with Gasteiger partial charge in [0.25, 0.3) is 0 Å². The highest BCUT2D eigenvalue weighted by Crippen LogP contribution is 2.40. The van der Waals surface area contributed by atoms with Crippen molar-refractivity contribution in [2.75, 3.05) is 27.4 Å². The van der Waals surface area contributed by atoms with Crippen LogP contribution in [0.2, 0.25) is 0 Å². The van der Waals surface area contributed by atoms with Gasteiger partial charge in [0.2, 0.25) is 0 Å². The molecule has 1 aromatic heterocycles. The SMILES string of the molecule is COCCNC1(c2nc(C)cs2)CCCCC1OC. The van der Waals surface area contributed by atoms with Gasteiger partial charge in [-0.3, -0.25) is 0 Å². The Morgan fingerprint density at radius 2 is 2.32 bits per heavy atom. The lowest BCUT2D eigenvalue weighted by Crippen LogP contribution is -2.55. The summed E-state index contributed by atoms with van der Waals surface area (Å²) in [5.74, 6) is 0. The third kappa shape index (κ3) is 3.16. The number of aryl methyl sites for hydroxylation is 1. The third-order valence-corrected chi connectivity index (χ3v) is 5.01. The summed E-state index contributed by atoms with van der Waals surface area (Å²) in [5.41, 5.74) is 0.957. The first kappa shape index (κ1) is 14.9. The van der Waals surface area contributed by atoms with Crippen molar-refractivity contribution in [3.63, 3.8) is 0 Å². The molecule has 2 atom stereocenters. The summed E-state index contributed by atoms with van der Waals surface area (Å²) in [5, 5.41) is 6.95. The van der Waals surface area contributed by atoms with E-state index in [0.29, 0.717) is 6.61 Å². The average Bonchev–Trinajstić information content (AvgIpc) is 2.86. The summed E-state index contributed by atoms with van der Waals surface area (Å²) < 4.78 is 10.9. The molecule has 1 fully saturated rings. The molecule has 0 bridgehead atoms. The van der Waals surface area contributed by atoms with Gasteiger partial charge >= 0.3 is 0 Å². The van der Waals surface area contributed by atoms with Crippen molar-refractivity contribution < 1.29 is 9.47 Å². The summed E-state index contributed by atoms with van der Waals surface area (Å²) in [6, 6.07) is 0. The van der Waals surface area contributed by atoms with E-state index in [0.717, 1.165) is 30.1 Å². The minimum Gasteiger partial charge on any atom is -0.383 e. The molecule has 1 aliphatic carbocycles. The Balaban J connectivity index is 2.25. The summed E-state index contributed by atoms with van der Waals surface area (Å²) in [4.78, 5) is 4.72. The van der Waals surface area contributed by atoms with E-state index in [4.69, 9.17) is 14.5 Å². The predicted octanol–water partition coefficient (Wildman–Crippen LogP) is 2.47. The number of rotatable bonds is 6. The molecule has 0 radical (unpaired) electrons. The molecule has 108 valence electrons. The van der Waals surface area contributed by atoms with E-state index in [-0.39, 0.29) is 11.6 Å². The lowest BCUT2D eigenvalue weighted by atomic mass is 9.79. The lowest BCUT2D eigenvalue weighted by Gasteiger charge is -2.42. The third-order valence-electron chi connectivity index (χ3n) is 3.87. The summed E-state index contributed by atoms with van der Waals surface area (Å²) in [6.45, 7) is 3.59. The Morgan fingerprint density at radius 3 is 2.95 bits per heavy atom. The Kier molecular flexibility index (Phi) is 5.33. The fourth-order valence-electron chi connectivity index (χ4n) is 2.92. The average molecular weight is 284 g/mol. The largest absolute Gasteiger partial charge is 0.383 e. The second-order valence-corrected chi connectivity index (χ2v) is 6.01. The van der Waals surface area contributed by atoms with Gasteiger partial charge in [0.15, 0.2) is 0 Å². The maximum absolute atomic E-state index is 5.76. The van der Waals surface area contributed by atoms with E-state index in [9.17, 15) is 0 Å². The van der Waals surface area contributed by atoms with E-state index in [1.54, 1.807) is 18.4 Å². The normalized spacial score (nSPS) is 27.6. The maximum Gasteiger partial charge on any atom is 0.116 e. The Labute approximate surface area is 119 Å². The van der Waals surface area contributed by atoms with Crippen LogP contribution in [-0.2, 0) is 15.0 Å². The number of ether oxygens (including phenoxy) is 2. The van der Waals surface area contributed by atoms with Crippen LogP contribution in [-0.4, -0.2) is 38.5 Å². The zero-order chi connectivity index (χ0) is 13.7. The maximum atomic E-state index is 5.76. The first-order valence-electron chi connectivity index (χ1n) is 6.92. The minimum atomic E-state index is -0.134. The number of hydrogen-bond donors (Lipinski definition) is 1. The molecule has 1 saturated carbocycles. The smallest absolute Gasteiger partial charge is 0.116 e. The van der Waals surface area contributed by atoms with Gasteiger partial charge in [-0.1, -0.05) is 12.8 Å². The number of thiazole rings is 1. The molecule has 19 heavy (non-hydrogen) atoms. The first-order valence-corrected chi connectivity index (χ1v) is 7.80. The van der Waals surface area contributed by atoms with Crippen molar-refractivity contribution in [3.8, 4) is 0 Å². The van der Waals surface area contributed by atoms with Crippen LogP contribution in [0.1, 0.15) is 36.4 Å². The summed E-state index contributed by atoms with van der Waals surface area (Å²) in [7, 11) is 3.54. The van der Waals surface area contributed by atoms with Crippen LogP contribution in [0.5, 0.6) is 0 Å². The summed E-state index contributed by atoms with van der Waals surface area (Å²) in [6.07, 6.45) is 4.83. The molecule has 0 aromatic carbocycles. The zero-order valence-corrected chi connectivity index (χ0v) is 12.9. The van der Waals surface area contributed by atoms with Crippen molar-refractivity contribution in [2.45, 2.75) is 44.2 Å². The standard InChI is InChI=1S/C14H24N2O2S/c1-11-10-19-13(16-11)14(15-8-9-17-2)7-5-4-6-12(14)18-3/h10,12,15H,4-9H2,1-3H3. The van der Waals surface area contributed by atoms with E-state index < -0.39 is 0 Å². The van der Waals surface area contributed by atoms with Crippen LogP contribution in [0, 0.1) is 6.92 Å². The van der Waals surface area contributed by atoms with Gasteiger partial charge in [-0.15, -0.1) is 11.3 Å². The van der Waals surface area contributed by atoms with Gasteiger partial charge in [-0.05, 0) is 19.8 Å². The van der Waals surface area contributed by atoms with Crippen LogP contribution < -0.4 is 5.32 Å². The number of nitrogens with one attached hydrogen (secondary N) is 1. The summed E-state index contributed by atoms with van der Waals surface area (Å²) >= 11 is 1.74. The van der Waals surface area contributed by atoms with Crippen molar-refractivity contribution in [2.24, 2.45) is 0 Å². The first-order chi connectivity index (χ1) is 9.23. The number of hydrogen-bond acceptors (Lipinski definition) is 5. The van der Waals surface area contributed by atoms with Crippen LogP contribution in [0.3, 0.4) is 0 Å². The van der Waals surface area contributed by atoms with Crippen LogP contribution in [0.15, 0.2) is 5.38 Å². The second kappa shape index (κ2) is 6.79. The molecule has 5 heteroatoms. The van der Waals surface area contributed by atoms with Gasteiger partial charge in [-0.25, -0.2) is 4.98 Å². The van der Waals surface area contributed by atoms with E-state index in [1.807, 2.05) is 14.0 Å². The molecule has 1 aliphatic rings. The monoisotopic (exact) mass is 284 g/mol. The molecular weight excluding hydrogens is 260 g/mol. The molecule has 2 rings (SSSR count). The molecular formula is C14H24N2O2S. The second-order valence-electron chi connectivity index (χ2n) is 5.16. The van der Waals surface area contributed by atoms with Crippen LogP contribution in [0.25, 0.3) is 0 Å².